The van der Waals surface area contributed by atoms with Crippen molar-refractivity contribution in [2.24, 2.45) is 7.05 Å². The number of carbonyl (C=O) groups is 1. The number of hydrogen-bond acceptors (Lipinski definition) is 5. The van der Waals surface area contributed by atoms with Crippen molar-refractivity contribution in [1.29, 1.82) is 0 Å². The Kier molecular flexibility index (Phi) is 4.66. The van der Waals surface area contributed by atoms with Crippen molar-refractivity contribution in [3.05, 3.63) is 41.7 Å². The second kappa shape index (κ2) is 7.01. The number of imidazole rings is 1. The van der Waals surface area contributed by atoms with Crippen LogP contribution in [0.5, 0.6) is 0 Å². The maximum Gasteiger partial charge on any atom is 0.248 e. The van der Waals surface area contributed by atoms with Crippen molar-refractivity contribution in [2.75, 3.05) is 13.2 Å². The first-order chi connectivity index (χ1) is 13.4. The van der Waals surface area contributed by atoms with Crippen molar-refractivity contribution < 1.29 is 9.53 Å². The summed E-state index contributed by atoms with van der Waals surface area (Å²) < 4.78 is 9.67. The number of nitrogens with zero attached hydrogens (tertiary/aromatic N) is 5. The Morgan fingerprint density at radius 3 is 2.86 bits per heavy atom. The molecule has 1 atom stereocenters. The number of rotatable bonds is 5. The highest BCUT2D eigenvalue weighted by atomic mass is 16.5. The number of benzene rings is 1. The quantitative estimate of drug-likeness (QED) is 0.728. The van der Waals surface area contributed by atoms with E-state index >= 15 is 0 Å². The van der Waals surface area contributed by atoms with Gasteiger partial charge in [0.2, 0.25) is 5.91 Å². The summed E-state index contributed by atoms with van der Waals surface area (Å²) in [6.07, 6.45) is 0.653. The van der Waals surface area contributed by atoms with Crippen LogP contribution in [0, 0.1) is 0 Å². The SMILES string of the molecule is CC(C)c1nnc2n1C(C)(C(=O)NCCc1nc3ccccc3n1C)COC2. The molecule has 0 aliphatic carbocycles. The monoisotopic (exact) mass is 382 g/mol. The smallest absolute Gasteiger partial charge is 0.248 e. The molecule has 4 rings (SSSR count). The normalized spacial score (nSPS) is 19.2. The third-order valence-corrected chi connectivity index (χ3v) is 5.38. The molecule has 1 unspecified atom stereocenters. The van der Waals surface area contributed by atoms with Crippen LogP contribution in [0.2, 0.25) is 0 Å². The van der Waals surface area contributed by atoms with E-state index in [4.69, 9.17) is 4.74 Å². The molecule has 1 aliphatic rings. The molecule has 0 radical (unpaired) electrons. The van der Waals surface area contributed by atoms with Gasteiger partial charge in [-0.15, -0.1) is 10.2 Å². The molecule has 1 aliphatic heterocycles. The van der Waals surface area contributed by atoms with E-state index in [2.05, 4.69) is 38.9 Å². The van der Waals surface area contributed by atoms with Crippen LogP contribution in [0.15, 0.2) is 24.3 Å². The fourth-order valence-corrected chi connectivity index (χ4v) is 3.81. The molecule has 0 spiro atoms. The molecule has 148 valence electrons. The van der Waals surface area contributed by atoms with Gasteiger partial charge in [-0.2, -0.15) is 0 Å². The van der Waals surface area contributed by atoms with Crippen molar-refractivity contribution in [3.8, 4) is 0 Å². The lowest BCUT2D eigenvalue weighted by Gasteiger charge is -2.35. The topological polar surface area (TPSA) is 86.9 Å². The minimum Gasteiger partial charge on any atom is -0.370 e. The average molecular weight is 382 g/mol. The summed E-state index contributed by atoms with van der Waals surface area (Å²) in [5.74, 6) is 2.54. The van der Waals surface area contributed by atoms with E-state index in [0.29, 0.717) is 32.0 Å². The highest BCUT2D eigenvalue weighted by Gasteiger charge is 2.42. The van der Waals surface area contributed by atoms with E-state index in [1.54, 1.807) is 0 Å². The number of nitrogens with one attached hydrogen (secondary N) is 1. The van der Waals surface area contributed by atoms with Crippen molar-refractivity contribution in [1.82, 2.24) is 29.6 Å². The highest BCUT2D eigenvalue weighted by molar-refractivity contribution is 5.84. The first-order valence-corrected chi connectivity index (χ1v) is 9.63. The van der Waals surface area contributed by atoms with Crippen molar-refractivity contribution in [2.45, 2.75) is 45.3 Å². The van der Waals surface area contributed by atoms with Crippen molar-refractivity contribution >= 4 is 16.9 Å². The lowest BCUT2D eigenvalue weighted by Crippen LogP contribution is -2.53. The molecule has 0 saturated heterocycles. The zero-order valence-corrected chi connectivity index (χ0v) is 16.8. The van der Waals surface area contributed by atoms with Crippen LogP contribution in [0.3, 0.4) is 0 Å². The predicted octanol–water partition coefficient (Wildman–Crippen LogP) is 1.89. The lowest BCUT2D eigenvalue weighted by molar-refractivity contribution is -0.135. The molecule has 3 heterocycles. The second-order valence-electron chi connectivity index (χ2n) is 7.81. The van der Waals surface area contributed by atoms with E-state index in [1.165, 1.54) is 0 Å². The average Bonchev–Trinajstić information content (AvgIpc) is 3.25. The highest BCUT2D eigenvalue weighted by Crippen LogP contribution is 2.29. The summed E-state index contributed by atoms with van der Waals surface area (Å²) in [5, 5.41) is 11.6. The molecule has 1 aromatic carbocycles. The fourth-order valence-electron chi connectivity index (χ4n) is 3.81. The van der Waals surface area contributed by atoms with E-state index < -0.39 is 5.54 Å². The van der Waals surface area contributed by atoms with Gasteiger partial charge in [0.15, 0.2) is 5.82 Å². The van der Waals surface area contributed by atoms with Crippen LogP contribution >= 0.6 is 0 Å². The molecule has 3 aromatic rings. The number of hydrogen-bond donors (Lipinski definition) is 1. The van der Waals surface area contributed by atoms with Gasteiger partial charge in [0.1, 0.15) is 23.8 Å². The first kappa shape index (κ1) is 18.6. The standard InChI is InChI=1S/C20H26N6O2/c1-13(2)18-24-23-17-11-28-12-20(3,26(17)18)19(27)21-10-9-16-22-14-7-5-6-8-15(14)25(16)4/h5-8,13H,9-12H2,1-4H3,(H,21,27). The molecule has 0 fully saturated rings. The summed E-state index contributed by atoms with van der Waals surface area (Å²) in [5.41, 5.74) is 1.20. The molecule has 8 heteroatoms. The minimum absolute atomic E-state index is 0.0890. The molecule has 28 heavy (non-hydrogen) atoms. The Balaban J connectivity index is 1.50. The Labute approximate surface area is 163 Å². The number of carbonyl (C=O) groups excluding carboxylic acids is 1. The fraction of sp³-hybridized carbons (Fsp3) is 0.500. The number of ether oxygens (including phenoxy) is 1. The third kappa shape index (κ3) is 2.97. The number of aryl methyl sites for hydroxylation is 1. The van der Waals surface area contributed by atoms with Gasteiger partial charge >= 0.3 is 0 Å². The van der Waals surface area contributed by atoms with Gasteiger partial charge in [-0.25, -0.2) is 4.98 Å². The summed E-state index contributed by atoms with van der Waals surface area (Å²) in [7, 11) is 2.00. The van der Waals surface area contributed by atoms with Gasteiger partial charge in [-0.3, -0.25) is 9.36 Å². The molecule has 1 amide bonds. The van der Waals surface area contributed by atoms with Crippen LogP contribution < -0.4 is 5.32 Å². The molecule has 1 N–H and O–H groups in total. The second-order valence-corrected chi connectivity index (χ2v) is 7.81. The minimum atomic E-state index is -0.858. The Hall–Kier alpha value is -2.74. The van der Waals surface area contributed by atoms with Gasteiger partial charge in [-0.05, 0) is 19.1 Å². The summed E-state index contributed by atoms with van der Waals surface area (Å²) >= 11 is 0. The number of aromatic nitrogens is 5. The zero-order chi connectivity index (χ0) is 19.9. The summed E-state index contributed by atoms with van der Waals surface area (Å²) in [4.78, 5) is 17.8. The van der Waals surface area contributed by atoms with Crippen molar-refractivity contribution in [3.63, 3.8) is 0 Å². The van der Waals surface area contributed by atoms with Gasteiger partial charge in [0.05, 0.1) is 17.6 Å². The van der Waals surface area contributed by atoms with Gasteiger partial charge in [0.25, 0.3) is 0 Å². The Morgan fingerprint density at radius 1 is 1.32 bits per heavy atom. The number of amides is 1. The maximum atomic E-state index is 13.1. The molecule has 8 nitrogen and oxygen atoms in total. The first-order valence-electron chi connectivity index (χ1n) is 9.63. The van der Waals surface area contributed by atoms with Crippen LogP contribution in [-0.2, 0) is 35.1 Å². The molecule has 2 aromatic heterocycles. The van der Waals surface area contributed by atoms with E-state index in [9.17, 15) is 4.79 Å². The molecule has 0 saturated carbocycles. The third-order valence-electron chi connectivity index (χ3n) is 5.38. The van der Waals surface area contributed by atoms with Gasteiger partial charge in [0, 0.05) is 25.9 Å². The Bertz CT molecular complexity index is 1020. The predicted molar refractivity (Wildman–Crippen MR) is 105 cm³/mol. The van der Waals surface area contributed by atoms with E-state index in [1.807, 2.05) is 42.8 Å². The van der Waals surface area contributed by atoms with Gasteiger partial charge in [-0.1, -0.05) is 26.0 Å². The van der Waals surface area contributed by atoms with Crippen LogP contribution in [0.1, 0.15) is 44.2 Å². The Morgan fingerprint density at radius 2 is 2.11 bits per heavy atom. The number of para-hydroxylation sites is 2. The largest absolute Gasteiger partial charge is 0.370 e. The van der Waals surface area contributed by atoms with Crippen LogP contribution in [0.25, 0.3) is 11.0 Å². The van der Waals surface area contributed by atoms with E-state index in [-0.39, 0.29) is 11.8 Å². The molecular weight excluding hydrogens is 356 g/mol. The zero-order valence-electron chi connectivity index (χ0n) is 16.8. The lowest BCUT2D eigenvalue weighted by atomic mass is 9.99. The molecule has 0 bridgehead atoms. The van der Waals surface area contributed by atoms with Crippen LogP contribution in [0.4, 0.5) is 0 Å². The van der Waals surface area contributed by atoms with E-state index in [0.717, 1.165) is 22.7 Å². The molecular formula is C20H26N6O2. The van der Waals surface area contributed by atoms with Gasteiger partial charge < -0.3 is 14.6 Å². The summed E-state index contributed by atoms with van der Waals surface area (Å²) in [6, 6.07) is 8.03. The number of fused-ring (bicyclic) bond motifs is 2. The summed E-state index contributed by atoms with van der Waals surface area (Å²) in [6.45, 7) is 7.17. The van der Waals surface area contributed by atoms with Crippen LogP contribution in [-0.4, -0.2) is 43.4 Å². The maximum absolute atomic E-state index is 13.1.